The van der Waals surface area contributed by atoms with E-state index in [2.05, 4.69) is 62.5 Å². The second-order valence-electron chi connectivity index (χ2n) is 4.98. The van der Waals surface area contributed by atoms with Gasteiger partial charge in [0.1, 0.15) is 5.75 Å². The fourth-order valence-corrected chi connectivity index (χ4v) is 2.17. The fourth-order valence-electron chi connectivity index (χ4n) is 2.17. The average Bonchev–Trinajstić information content (AvgIpc) is 2.40. The van der Waals surface area contributed by atoms with Crippen molar-refractivity contribution in [1.82, 2.24) is 0 Å². The van der Waals surface area contributed by atoms with Crippen molar-refractivity contribution < 1.29 is 4.74 Å². The Morgan fingerprint density at radius 3 is 2.42 bits per heavy atom. The molecule has 2 aromatic carbocycles. The minimum absolute atomic E-state index is 0.247. The van der Waals surface area contributed by atoms with Gasteiger partial charge >= 0.3 is 0 Å². The summed E-state index contributed by atoms with van der Waals surface area (Å²) in [7, 11) is 1.71. The lowest BCUT2D eigenvalue weighted by molar-refractivity contribution is 0.416. The molecule has 0 aliphatic rings. The molecule has 0 saturated carbocycles. The zero-order valence-electron chi connectivity index (χ0n) is 12.0. The molecule has 0 heterocycles. The van der Waals surface area contributed by atoms with Crippen molar-refractivity contribution in [1.29, 1.82) is 0 Å². The maximum absolute atomic E-state index is 5.42. The number of benzene rings is 2. The van der Waals surface area contributed by atoms with E-state index in [0.717, 1.165) is 11.4 Å². The summed E-state index contributed by atoms with van der Waals surface area (Å²) < 4.78 is 5.42. The summed E-state index contributed by atoms with van der Waals surface area (Å²) in [5.74, 6) is 0.888. The van der Waals surface area contributed by atoms with E-state index in [-0.39, 0.29) is 6.04 Å². The highest BCUT2D eigenvalue weighted by Gasteiger charge is 2.09. The van der Waals surface area contributed by atoms with Gasteiger partial charge in [0.2, 0.25) is 0 Å². The SMILES string of the molecule is COc1cc(C)ccc1NC(C)c1cccc(C)c1. The highest BCUT2D eigenvalue weighted by molar-refractivity contribution is 5.58. The number of methoxy groups -OCH3 is 1. The third kappa shape index (κ3) is 3.28. The molecule has 1 N–H and O–H groups in total. The molecule has 0 aliphatic carbocycles. The number of aryl methyl sites for hydroxylation is 2. The molecular weight excluding hydrogens is 234 g/mol. The van der Waals surface area contributed by atoms with Crippen molar-refractivity contribution in [2.24, 2.45) is 0 Å². The van der Waals surface area contributed by atoms with Crippen LogP contribution in [0.2, 0.25) is 0 Å². The quantitative estimate of drug-likeness (QED) is 0.869. The Morgan fingerprint density at radius 2 is 1.74 bits per heavy atom. The van der Waals surface area contributed by atoms with E-state index in [9.17, 15) is 0 Å². The third-order valence-electron chi connectivity index (χ3n) is 3.27. The summed E-state index contributed by atoms with van der Waals surface area (Å²) in [4.78, 5) is 0. The third-order valence-corrected chi connectivity index (χ3v) is 3.27. The van der Waals surface area contributed by atoms with Crippen molar-refractivity contribution >= 4 is 5.69 Å². The Kier molecular flexibility index (Phi) is 4.10. The Balaban J connectivity index is 2.21. The van der Waals surface area contributed by atoms with Crippen LogP contribution in [0.3, 0.4) is 0 Å². The van der Waals surface area contributed by atoms with Crippen molar-refractivity contribution in [3.05, 3.63) is 59.2 Å². The van der Waals surface area contributed by atoms with Crippen LogP contribution in [0.25, 0.3) is 0 Å². The van der Waals surface area contributed by atoms with Gasteiger partial charge in [-0.3, -0.25) is 0 Å². The van der Waals surface area contributed by atoms with Crippen LogP contribution in [0.1, 0.15) is 29.7 Å². The molecule has 1 atom stereocenters. The van der Waals surface area contributed by atoms with Gasteiger partial charge in [0.05, 0.1) is 12.8 Å². The molecule has 0 saturated heterocycles. The van der Waals surface area contributed by atoms with Crippen LogP contribution in [0.15, 0.2) is 42.5 Å². The van der Waals surface area contributed by atoms with Crippen molar-refractivity contribution in [2.75, 3.05) is 12.4 Å². The number of nitrogens with one attached hydrogen (secondary N) is 1. The summed E-state index contributed by atoms with van der Waals surface area (Å²) in [5, 5.41) is 3.51. The maximum Gasteiger partial charge on any atom is 0.142 e. The molecule has 19 heavy (non-hydrogen) atoms. The van der Waals surface area contributed by atoms with Gasteiger partial charge in [0.25, 0.3) is 0 Å². The van der Waals surface area contributed by atoms with Gasteiger partial charge in [-0.2, -0.15) is 0 Å². The van der Waals surface area contributed by atoms with E-state index in [1.54, 1.807) is 7.11 Å². The van der Waals surface area contributed by atoms with E-state index < -0.39 is 0 Å². The largest absolute Gasteiger partial charge is 0.495 e. The van der Waals surface area contributed by atoms with Crippen molar-refractivity contribution in [3.8, 4) is 5.75 Å². The lowest BCUT2D eigenvalue weighted by Crippen LogP contribution is -2.07. The molecule has 0 aromatic heterocycles. The van der Waals surface area contributed by atoms with Gasteiger partial charge < -0.3 is 10.1 Å². The minimum atomic E-state index is 0.247. The predicted octanol–water partition coefficient (Wildman–Crippen LogP) is 4.49. The predicted molar refractivity (Wildman–Crippen MR) is 80.9 cm³/mol. The Hall–Kier alpha value is -1.96. The molecule has 2 aromatic rings. The Bertz CT molecular complexity index is 563. The fraction of sp³-hybridized carbons (Fsp3) is 0.294. The average molecular weight is 255 g/mol. The summed E-state index contributed by atoms with van der Waals surface area (Å²) in [6.07, 6.45) is 0. The summed E-state index contributed by atoms with van der Waals surface area (Å²) >= 11 is 0. The van der Waals surface area contributed by atoms with Crippen LogP contribution in [0.4, 0.5) is 5.69 Å². The number of hydrogen-bond donors (Lipinski definition) is 1. The molecule has 0 aliphatic heterocycles. The van der Waals surface area contributed by atoms with Gasteiger partial charge in [-0.15, -0.1) is 0 Å². The molecule has 1 unspecified atom stereocenters. The topological polar surface area (TPSA) is 21.3 Å². The molecule has 0 radical (unpaired) electrons. The maximum atomic E-state index is 5.42. The first-order valence-electron chi connectivity index (χ1n) is 6.58. The van der Waals surface area contributed by atoms with Gasteiger partial charge in [-0.25, -0.2) is 0 Å². The Labute approximate surface area is 115 Å². The molecule has 100 valence electrons. The molecule has 0 bridgehead atoms. The van der Waals surface area contributed by atoms with Gasteiger partial charge in [0.15, 0.2) is 0 Å². The molecule has 2 heteroatoms. The van der Waals surface area contributed by atoms with Crippen molar-refractivity contribution in [2.45, 2.75) is 26.8 Å². The van der Waals surface area contributed by atoms with E-state index in [4.69, 9.17) is 4.74 Å². The first kappa shape index (κ1) is 13.5. The molecule has 0 spiro atoms. The lowest BCUT2D eigenvalue weighted by atomic mass is 10.1. The minimum Gasteiger partial charge on any atom is -0.495 e. The summed E-state index contributed by atoms with van der Waals surface area (Å²) in [6.45, 7) is 6.34. The molecule has 2 rings (SSSR count). The number of anilines is 1. The van der Waals surface area contributed by atoms with Crippen molar-refractivity contribution in [3.63, 3.8) is 0 Å². The normalized spacial score (nSPS) is 12.0. The summed E-state index contributed by atoms with van der Waals surface area (Å²) in [5.41, 5.74) is 4.79. The van der Waals surface area contributed by atoms with Crippen LogP contribution in [-0.4, -0.2) is 7.11 Å². The first-order chi connectivity index (χ1) is 9.10. The second-order valence-corrected chi connectivity index (χ2v) is 4.98. The Morgan fingerprint density at radius 1 is 1.00 bits per heavy atom. The number of hydrogen-bond acceptors (Lipinski definition) is 2. The van der Waals surface area contributed by atoms with E-state index in [0.29, 0.717) is 0 Å². The zero-order valence-corrected chi connectivity index (χ0v) is 12.0. The number of rotatable bonds is 4. The smallest absolute Gasteiger partial charge is 0.142 e. The van der Waals surface area contributed by atoms with Gasteiger partial charge in [-0.1, -0.05) is 35.9 Å². The first-order valence-corrected chi connectivity index (χ1v) is 6.58. The van der Waals surface area contributed by atoms with E-state index in [1.807, 2.05) is 6.07 Å². The standard InChI is InChI=1S/C17H21NO/c1-12-6-5-7-15(10-12)14(3)18-16-9-8-13(2)11-17(16)19-4/h5-11,14,18H,1-4H3. The van der Waals surface area contributed by atoms with E-state index in [1.165, 1.54) is 16.7 Å². The molecule has 0 fully saturated rings. The van der Waals surface area contributed by atoms with Crippen LogP contribution in [0, 0.1) is 13.8 Å². The second kappa shape index (κ2) is 5.79. The van der Waals surface area contributed by atoms with Crippen LogP contribution < -0.4 is 10.1 Å². The molecule has 0 amide bonds. The van der Waals surface area contributed by atoms with Crippen LogP contribution in [-0.2, 0) is 0 Å². The highest BCUT2D eigenvalue weighted by Crippen LogP contribution is 2.29. The lowest BCUT2D eigenvalue weighted by Gasteiger charge is -2.18. The molecular formula is C17H21NO. The monoisotopic (exact) mass is 255 g/mol. The summed E-state index contributed by atoms with van der Waals surface area (Å²) in [6, 6.07) is 15.0. The number of ether oxygens (including phenoxy) is 1. The highest BCUT2D eigenvalue weighted by atomic mass is 16.5. The van der Waals surface area contributed by atoms with E-state index >= 15 is 0 Å². The zero-order chi connectivity index (χ0) is 13.8. The van der Waals surface area contributed by atoms with Gasteiger partial charge in [0, 0.05) is 6.04 Å². The van der Waals surface area contributed by atoms with Crippen LogP contribution in [0.5, 0.6) is 5.75 Å². The molecule has 2 nitrogen and oxygen atoms in total. The van der Waals surface area contributed by atoms with Gasteiger partial charge in [-0.05, 0) is 44.0 Å². The van der Waals surface area contributed by atoms with Crippen LogP contribution >= 0.6 is 0 Å².